The van der Waals surface area contributed by atoms with Gasteiger partial charge in [0.05, 0.1) is 5.69 Å². The molecule has 0 amide bonds. The molecule has 0 saturated heterocycles. The van der Waals surface area contributed by atoms with Gasteiger partial charge in [-0.1, -0.05) is 6.92 Å². The minimum Gasteiger partial charge on any atom is -0.261 e. The minimum atomic E-state index is 0.301. The van der Waals surface area contributed by atoms with Gasteiger partial charge in [-0.25, -0.2) is 0 Å². The number of rotatable bonds is 2. The molecule has 0 aliphatic carbocycles. The first-order valence-electron chi connectivity index (χ1n) is 3.16. The van der Waals surface area contributed by atoms with Crippen LogP contribution in [0.1, 0.15) is 18.5 Å². The largest absolute Gasteiger partial charge is 0.261 e. The summed E-state index contributed by atoms with van der Waals surface area (Å²) in [6.45, 7) is 2.02. The van der Waals surface area contributed by atoms with Crippen LogP contribution >= 0.6 is 11.6 Å². The van der Waals surface area contributed by atoms with Crippen molar-refractivity contribution in [2.45, 2.75) is 12.8 Å². The van der Waals surface area contributed by atoms with Crippen molar-refractivity contribution < 1.29 is 0 Å². The van der Waals surface area contributed by atoms with Gasteiger partial charge in [-0.2, -0.15) is 0 Å². The van der Waals surface area contributed by atoms with Crippen molar-refractivity contribution in [2.24, 2.45) is 0 Å². The van der Waals surface area contributed by atoms with Crippen LogP contribution in [0.3, 0.4) is 0 Å². The van der Waals surface area contributed by atoms with Crippen LogP contribution in [0.5, 0.6) is 0 Å². The molecule has 0 fully saturated rings. The van der Waals surface area contributed by atoms with Gasteiger partial charge < -0.3 is 0 Å². The molecule has 0 bridgehead atoms. The number of hydrogen-bond donors (Lipinski definition) is 0. The molecule has 0 aliphatic heterocycles. The summed E-state index contributed by atoms with van der Waals surface area (Å²) < 4.78 is 0. The topological polar surface area (TPSA) is 25.8 Å². The summed E-state index contributed by atoms with van der Waals surface area (Å²) in [7, 11) is 0. The molecule has 2 nitrogen and oxygen atoms in total. The Morgan fingerprint density at radius 1 is 1.60 bits per heavy atom. The highest BCUT2D eigenvalue weighted by Crippen LogP contribution is 2.11. The fourth-order valence-corrected chi connectivity index (χ4v) is 0.802. The van der Waals surface area contributed by atoms with Crippen LogP contribution < -0.4 is 0 Å². The van der Waals surface area contributed by atoms with Gasteiger partial charge in [-0.05, 0) is 0 Å². The number of nitrogens with zero attached hydrogens (tertiary/aromatic N) is 2. The van der Waals surface area contributed by atoms with Crippen LogP contribution in [0, 0.1) is 0 Å². The molecular formula is C7H9ClN2. The Hall–Kier alpha value is -0.630. The second-order valence-electron chi connectivity index (χ2n) is 2.19. The zero-order chi connectivity index (χ0) is 7.40. The Morgan fingerprint density at radius 3 is 2.90 bits per heavy atom. The average Bonchev–Trinajstić information content (AvgIpc) is 2.05. The van der Waals surface area contributed by atoms with E-state index in [4.69, 9.17) is 11.6 Å². The van der Waals surface area contributed by atoms with Crippen LogP contribution in [-0.4, -0.2) is 15.8 Å². The summed E-state index contributed by atoms with van der Waals surface area (Å²) in [4.78, 5) is 8.04. The number of aromatic nitrogens is 2. The second-order valence-corrected chi connectivity index (χ2v) is 2.49. The third kappa shape index (κ3) is 1.67. The first kappa shape index (κ1) is 7.48. The van der Waals surface area contributed by atoms with E-state index in [0.29, 0.717) is 11.8 Å². The van der Waals surface area contributed by atoms with Gasteiger partial charge in [-0.3, -0.25) is 9.97 Å². The highest BCUT2D eigenvalue weighted by atomic mass is 35.5. The molecule has 0 aliphatic rings. The van der Waals surface area contributed by atoms with Crippen LogP contribution in [-0.2, 0) is 0 Å². The minimum absolute atomic E-state index is 0.301. The molecule has 1 rings (SSSR count). The van der Waals surface area contributed by atoms with Crippen molar-refractivity contribution in [3.63, 3.8) is 0 Å². The van der Waals surface area contributed by atoms with Crippen LogP contribution in [0.15, 0.2) is 18.6 Å². The number of hydrogen-bond acceptors (Lipinski definition) is 2. The van der Waals surface area contributed by atoms with E-state index in [9.17, 15) is 0 Å². The van der Waals surface area contributed by atoms with E-state index in [1.54, 1.807) is 18.6 Å². The molecule has 0 aromatic carbocycles. The maximum absolute atomic E-state index is 5.62. The van der Waals surface area contributed by atoms with Crippen molar-refractivity contribution in [1.82, 2.24) is 9.97 Å². The molecule has 1 heterocycles. The summed E-state index contributed by atoms with van der Waals surface area (Å²) in [5, 5.41) is 0. The quantitative estimate of drug-likeness (QED) is 0.611. The molecule has 3 heteroatoms. The van der Waals surface area contributed by atoms with Gasteiger partial charge >= 0.3 is 0 Å². The van der Waals surface area contributed by atoms with Gasteiger partial charge in [0.15, 0.2) is 0 Å². The Kier molecular flexibility index (Phi) is 2.63. The van der Waals surface area contributed by atoms with Gasteiger partial charge in [-0.15, -0.1) is 11.6 Å². The second kappa shape index (κ2) is 3.52. The maximum Gasteiger partial charge on any atom is 0.0626 e. The number of halogens is 1. The maximum atomic E-state index is 5.62. The Balaban J connectivity index is 2.75. The van der Waals surface area contributed by atoms with E-state index < -0.39 is 0 Å². The Bertz CT molecular complexity index is 188. The van der Waals surface area contributed by atoms with E-state index in [1.165, 1.54) is 0 Å². The van der Waals surface area contributed by atoms with Gasteiger partial charge in [0, 0.05) is 30.4 Å². The zero-order valence-electron chi connectivity index (χ0n) is 5.79. The fourth-order valence-electron chi connectivity index (χ4n) is 0.644. The smallest absolute Gasteiger partial charge is 0.0626 e. The monoisotopic (exact) mass is 156 g/mol. The lowest BCUT2D eigenvalue weighted by Crippen LogP contribution is -1.97. The standard InChI is InChI=1S/C7H9ClN2/c1-6(4-8)7-5-9-2-3-10-7/h2-3,5-6H,4H2,1H3. The third-order valence-electron chi connectivity index (χ3n) is 1.32. The van der Waals surface area contributed by atoms with Gasteiger partial charge in [0.25, 0.3) is 0 Å². The van der Waals surface area contributed by atoms with E-state index in [1.807, 2.05) is 6.92 Å². The fraction of sp³-hybridized carbons (Fsp3) is 0.429. The Morgan fingerprint density at radius 2 is 2.40 bits per heavy atom. The molecule has 1 aromatic heterocycles. The zero-order valence-corrected chi connectivity index (χ0v) is 6.54. The molecule has 0 N–H and O–H groups in total. The predicted molar refractivity (Wildman–Crippen MR) is 41.2 cm³/mol. The molecule has 54 valence electrons. The molecular weight excluding hydrogens is 148 g/mol. The van der Waals surface area contributed by atoms with Gasteiger partial charge in [0.1, 0.15) is 0 Å². The molecule has 0 saturated carbocycles. The van der Waals surface area contributed by atoms with E-state index in [-0.39, 0.29) is 0 Å². The normalized spacial score (nSPS) is 13.0. The summed E-state index contributed by atoms with van der Waals surface area (Å²) >= 11 is 5.62. The lowest BCUT2D eigenvalue weighted by Gasteiger charge is -2.03. The first-order chi connectivity index (χ1) is 4.84. The van der Waals surface area contributed by atoms with Crippen molar-refractivity contribution in [2.75, 3.05) is 5.88 Å². The summed E-state index contributed by atoms with van der Waals surface area (Å²) in [5.74, 6) is 0.897. The molecule has 10 heavy (non-hydrogen) atoms. The summed E-state index contributed by atoms with van der Waals surface area (Å²) in [5.41, 5.74) is 0.956. The van der Waals surface area contributed by atoms with Crippen LogP contribution in [0.4, 0.5) is 0 Å². The number of alkyl halides is 1. The Labute approximate surface area is 65.3 Å². The molecule has 0 spiro atoms. The van der Waals surface area contributed by atoms with E-state index in [2.05, 4.69) is 9.97 Å². The average molecular weight is 157 g/mol. The highest BCUT2D eigenvalue weighted by Gasteiger charge is 2.02. The molecule has 1 atom stereocenters. The lowest BCUT2D eigenvalue weighted by atomic mass is 10.1. The third-order valence-corrected chi connectivity index (χ3v) is 1.78. The summed E-state index contributed by atoms with van der Waals surface area (Å²) in [6.07, 6.45) is 5.08. The summed E-state index contributed by atoms with van der Waals surface area (Å²) in [6, 6.07) is 0. The van der Waals surface area contributed by atoms with Crippen molar-refractivity contribution >= 4 is 11.6 Å². The van der Waals surface area contributed by atoms with Crippen LogP contribution in [0.25, 0.3) is 0 Å². The van der Waals surface area contributed by atoms with Crippen molar-refractivity contribution in [1.29, 1.82) is 0 Å². The van der Waals surface area contributed by atoms with Crippen LogP contribution in [0.2, 0.25) is 0 Å². The highest BCUT2D eigenvalue weighted by molar-refractivity contribution is 6.18. The molecule has 0 radical (unpaired) electrons. The lowest BCUT2D eigenvalue weighted by molar-refractivity contribution is 0.819. The van der Waals surface area contributed by atoms with Gasteiger partial charge in [0.2, 0.25) is 0 Å². The molecule has 1 aromatic rings. The SMILES string of the molecule is CC(CCl)c1cnccn1. The van der Waals surface area contributed by atoms with E-state index >= 15 is 0 Å². The van der Waals surface area contributed by atoms with E-state index in [0.717, 1.165) is 5.69 Å². The predicted octanol–water partition coefficient (Wildman–Crippen LogP) is 1.82. The molecule has 1 unspecified atom stereocenters. The van der Waals surface area contributed by atoms with Crippen molar-refractivity contribution in [3.05, 3.63) is 24.3 Å². The first-order valence-corrected chi connectivity index (χ1v) is 3.70. The van der Waals surface area contributed by atoms with Crippen molar-refractivity contribution in [3.8, 4) is 0 Å².